The lowest BCUT2D eigenvalue weighted by Gasteiger charge is -2.10. The molecule has 0 heterocycles. The van der Waals surface area contributed by atoms with Crippen LogP contribution in [-0.2, 0) is 0 Å². The molecule has 0 fully saturated rings. The number of hydrogen-bond donors (Lipinski definition) is 2. The topological polar surface area (TPSA) is 64.3 Å². The Balaban J connectivity index is 2.21. The van der Waals surface area contributed by atoms with Crippen LogP contribution >= 0.6 is 15.9 Å². The van der Waals surface area contributed by atoms with Gasteiger partial charge in [-0.15, -0.1) is 0 Å². The van der Waals surface area contributed by atoms with Crippen molar-refractivity contribution < 1.29 is 9.53 Å². The van der Waals surface area contributed by atoms with Gasteiger partial charge >= 0.3 is 0 Å². The lowest BCUT2D eigenvalue weighted by atomic mass is 10.1. The summed E-state index contributed by atoms with van der Waals surface area (Å²) in [5, 5.41) is 2.81. The van der Waals surface area contributed by atoms with Gasteiger partial charge in [-0.3, -0.25) is 4.79 Å². The van der Waals surface area contributed by atoms with E-state index < -0.39 is 0 Å². The zero-order chi connectivity index (χ0) is 14.7. The predicted octanol–water partition coefficient (Wildman–Crippen LogP) is 3.60. The first-order valence-corrected chi connectivity index (χ1v) is 6.81. The SMILES string of the molecule is COc1ccc(NC(=O)c2ccc(C)cc2N)cc1Br. The van der Waals surface area contributed by atoms with E-state index in [1.54, 1.807) is 37.4 Å². The highest BCUT2D eigenvalue weighted by atomic mass is 79.9. The maximum atomic E-state index is 12.2. The Morgan fingerprint density at radius 3 is 2.60 bits per heavy atom. The van der Waals surface area contributed by atoms with Crippen molar-refractivity contribution >= 4 is 33.2 Å². The van der Waals surface area contributed by atoms with Crippen LogP contribution < -0.4 is 15.8 Å². The van der Waals surface area contributed by atoms with Crippen LogP contribution in [0.2, 0.25) is 0 Å². The van der Waals surface area contributed by atoms with Gasteiger partial charge in [0.25, 0.3) is 5.91 Å². The summed E-state index contributed by atoms with van der Waals surface area (Å²) in [6, 6.07) is 10.7. The number of halogens is 1. The van der Waals surface area contributed by atoms with Gasteiger partial charge in [-0.1, -0.05) is 6.07 Å². The summed E-state index contributed by atoms with van der Waals surface area (Å²) in [7, 11) is 1.59. The summed E-state index contributed by atoms with van der Waals surface area (Å²) < 4.78 is 5.92. The lowest BCUT2D eigenvalue weighted by molar-refractivity contribution is 0.102. The van der Waals surface area contributed by atoms with Gasteiger partial charge < -0.3 is 15.8 Å². The highest BCUT2D eigenvalue weighted by Gasteiger charge is 2.11. The Labute approximate surface area is 126 Å². The molecule has 0 saturated carbocycles. The number of carbonyl (C=O) groups excluding carboxylic acids is 1. The number of nitrogens with one attached hydrogen (secondary N) is 1. The Kier molecular flexibility index (Phi) is 4.29. The Hall–Kier alpha value is -2.01. The molecule has 0 atom stereocenters. The van der Waals surface area contributed by atoms with Crippen LogP contribution in [0.1, 0.15) is 15.9 Å². The van der Waals surface area contributed by atoms with E-state index in [1.165, 1.54) is 0 Å². The monoisotopic (exact) mass is 334 g/mol. The first kappa shape index (κ1) is 14.4. The molecule has 0 unspecified atom stereocenters. The minimum absolute atomic E-state index is 0.237. The summed E-state index contributed by atoms with van der Waals surface area (Å²) in [5.41, 5.74) is 8.48. The quantitative estimate of drug-likeness (QED) is 0.843. The Bertz CT molecular complexity index is 656. The molecular weight excluding hydrogens is 320 g/mol. The van der Waals surface area contributed by atoms with E-state index in [4.69, 9.17) is 10.5 Å². The molecule has 4 nitrogen and oxygen atoms in total. The average Bonchev–Trinajstić information content (AvgIpc) is 2.38. The van der Waals surface area contributed by atoms with Gasteiger partial charge in [0.2, 0.25) is 0 Å². The van der Waals surface area contributed by atoms with Crippen molar-refractivity contribution in [3.63, 3.8) is 0 Å². The molecule has 2 aromatic carbocycles. The average molecular weight is 335 g/mol. The first-order chi connectivity index (χ1) is 9.51. The van der Waals surface area contributed by atoms with E-state index in [2.05, 4.69) is 21.2 Å². The molecule has 0 aliphatic rings. The fourth-order valence-corrected chi connectivity index (χ4v) is 2.37. The summed E-state index contributed by atoms with van der Waals surface area (Å²) in [6.45, 7) is 1.93. The summed E-state index contributed by atoms with van der Waals surface area (Å²) >= 11 is 3.38. The molecule has 0 aromatic heterocycles. The van der Waals surface area contributed by atoms with Crippen molar-refractivity contribution in [3.8, 4) is 5.75 Å². The van der Waals surface area contributed by atoms with Crippen LogP contribution in [0.4, 0.5) is 11.4 Å². The minimum atomic E-state index is -0.237. The first-order valence-electron chi connectivity index (χ1n) is 6.02. The second-order valence-electron chi connectivity index (χ2n) is 4.39. The predicted molar refractivity (Wildman–Crippen MR) is 84.2 cm³/mol. The van der Waals surface area contributed by atoms with Crippen LogP contribution in [0.5, 0.6) is 5.75 Å². The van der Waals surface area contributed by atoms with E-state index in [0.29, 0.717) is 22.7 Å². The fraction of sp³-hybridized carbons (Fsp3) is 0.133. The number of carbonyl (C=O) groups is 1. The van der Waals surface area contributed by atoms with Crippen LogP contribution in [0.15, 0.2) is 40.9 Å². The third kappa shape index (κ3) is 3.11. The lowest BCUT2D eigenvalue weighted by Crippen LogP contribution is -2.14. The zero-order valence-electron chi connectivity index (χ0n) is 11.2. The normalized spacial score (nSPS) is 10.2. The van der Waals surface area contributed by atoms with Crippen LogP contribution in [0.25, 0.3) is 0 Å². The zero-order valence-corrected chi connectivity index (χ0v) is 12.8. The van der Waals surface area contributed by atoms with Crippen LogP contribution in [0.3, 0.4) is 0 Å². The van der Waals surface area contributed by atoms with Crippen LogP contribution in [0, 0.1) is 6.92 Å². The second kappa shape index (κ2) is 5.96. The van der Waals surface area contributed by atoms with Crippen molar-refractivity contribution in [1.82, 2.24) is 0 Å². The highest BCUT2D eigenvalue weighted by Crippen LogP contribution is 2.28. The van der Waals surface area contributed by atoms with Crippen molar-refractivity contribution in [2.75, 3.05) is 18.2 Å². The number of ether oxygens (including phenoxy) is 1. The van der Waals surface area contributed by atoms with Gasteiger partial charge in [0.15, 0.2) is 0 Å². The molecule has 2 rings (SSSR count). The number of benzene rings is 2. The molecule has 0 radical (unpaired) electrons. The van der Waals surface area contributed by atoms with Crippen molar-refractivity contribution in [1.29, 1.82) is 0 Å². The molecule has 0 aliphatic heterocycles. The molecule has 104 valence electrons. The number of aryl methyl sites for hydroxylation is 1. The third-order valence-corrected chi connectivity index (χ3v) is 3.48. The number of methoxy groups -OCH3 is 1. The minimum Gasteiger partial charge on any atom is -0.496 e. The molecule has 5 heteroatoms. The number of rotatable bonds is 3. The number of hydrogen-bond acceptors (Lipinski definition) is 3. The smallest absolute Gasteiger partial charge is 0.257 e. The van der Waals surface area contributed by atoms with E-state index in [-0.39, 0.29) is 5.91 Å². The standard InChI is InChI=1S/C15H15BrN2O2/c1-9-3-5-11(13(17)7-9)15(19)18-10-4-6-14(20-2)12(16)8-10/h3-8H,17H2,1-2H3,(H,18,19). The van der Waals surface area contributed by atoms with E-state index in [1.807, 2.05) is 13.0 Å². The molecule has 0 bridgehead atoms. The van der Waals surface area contributed by atoms with Crippen molar-refractivity contribution in [2.24, 2.45) is 0 Å². The van der Waals surface area contributed by atoms with Gasteiger partial charge in [0.1, 0.15) is 5.75 Å². The van der Waals surface area contributed by atoms with Crippen molar-refractivity contribution in [3.05, 3.63) is 52.0 Å². The van der Waals surface area contributed by atoms with Gasteiger partial charge in [-0.05, 0) is 58.7 Å². The van der Waals surface area contributed by atoms with Gasteiger partial charge in [0.05, 0.1) is 17.1 Å². The molecule has 1 amide bonds. The molecule has 0 spiro atoms. The van der Waals surface area contributed by atoms with Crippen LogP contribution in [-0.4, -0.2) is 13.0 Å². The summed E-state index contributed by atoms with van der Waals surface area (Å²) in [5.74, 6) is 0.470. The maximum absolute atomic E-state index is 12.2. The number of anilines is 2. The molecule has 20 heavy (non-hydrogen) atoms. The van der Waals surface area contributed by atoms with Gasteiger partial charge in [0, 0.05) is 11.4 Å². The Morgan fingerprint density at radius 2 is 2.00 bits per heavy atom. The largest absolute Gasteiger partial charge is 0.496 e. The number of nitrogens with two attached hydrogens (primary N) is 1. The molecular formula is C15H15BrN2O2. The number of nitrogen functional groups attached to an aromatic ring is 1. The van der Waals surface area contributed by atoms with E-state index in [0.717, 1.165) is 10.0 Å². The molecule has 3 N–H and O–H groups in total. The highest BCUT2D eigenvalue weighted by molar-refractivity contribution is 9.10. The molecule has 0 saturated heterocycles. The maximum Gasteiger partial charge on any atom is 0.257 e. The van der Waals surface area contributed by atoms with E-state index >= 15 is 0 Å². The second-order valence-corrected chi connectivity index (χ2v) is 5.25. The van der Waals surface area contributed by atoms with Crippen molar-refractivity contribution in [2.45, 2.75) is 6.92 Å². The summed E-state index contributed by atoms with van der Waals surface area (Å²) in [4.78, 5) is 12.2. The third-order valence-electron chi connectivity index (χ3n) is 2.86. The van der Waals surface area contributed by atoms with E-state index in [9.17, 15) is 4.79 Å². The molecule has 2 aromatic rings. The molecule has 0 aliphatic carbocycles. The van der Waals surface area contributed by atoms with Gasteiger partial charge in [-0.2, -0.15) is 0 Å². The van der Waals surface area contributed by atoms with Gasteiger partial charge in [-0.25, -0.2) is 0 Å². The fourth-order valence-electron chi connectivity index (χ4n) is 1.83. The Morgan fingerprint density at radius 1 is 1.25 bits per heavy atom. The summed E-state index contributed by atoms with van der Waals surface area (Å²) in [6.07, 6.45) is 0. The number of amides is 1.